The first-order valence-corrected chi connectivity index (χ1v) is 19.7. The quantitative estimate of drug-likeness (QED) is 0.175. The second-order valence-electron chi connectivity index (χ2n) is 14.3. The Kier molecular flexibility index (Phi) is 7.03. The molecule has 0 amide bonds. The molecule has 0 bridgehead atoms. The molecule has 0 saturated heterocycles. The van der Waals surface area contributed by atoms with Gasteiger partial charge in [0.1, 0.15) is 22.3 Å². The zero-order chi connectivity index (χ0) is 37.5. The highest BCUT2D eigenvalue weighted by Crippen LogP contribution is 2.46. The van der Waals surface area contributed by atoms with Gasteiger partial charge in [-0.25, -0.2) is 15.0 Å². The van der Waals surface area contributed by atoms with E-state index in [9.17, 15) is 0 Å². The molecule has 6 heteroatoms. The van der Waals surface area contributed by atoms with Crippen LogP contribution in [0.3, 0.4) is 0 Å². The monoisotopic (exact) mass is 747 g/mol. The maximum absolute atomic E-state index is 6.66. The van der Waals surface area contributed by atoms with Crippen LogP contribution >= 0.6 is 11.3 Å². The third kappa shape index (κ3) is 5.12. The van der Waals surface area contributed by atoms with Crippen LogP contribution in [0.5, 0.6) is 0 Å². The number of thiophene rings is 1. The summed E-state index contributed by atoms with van der Waals surface area (Å²) >= 11 is 1.78. The molecule has 12 aromatic rings. The van der Waals surface area contributed by atoms with Crippen molar-refractivity contribution in [2.45, 2.75) is 0 Å². The van der Waals surface area contributed by atoms with Gasteiger partial charge in [-0.1, -0.05) is 127 Å². The van der Waals surface area contributed by atoms with Crippen molar-refractivity contribution < 1.29 is 8.83 Å². The normalized spacial score (nSPS) is 11.9. The molecule has 0 saturated carbocycles. The van der Waals surface area contributed by atoms with Gasteiger partial charge in [0.05, 0.1) is 0 Å². The second kappa shape index (κ2) is 12.6. The molecule has 0 N–H and O–H groups in total. The van der Waals surface area contributed by atoms with E-state index < -0.39 is 0 Å². The van der Waals surface area contributed by atoms with Crippen molar-refractivity contribution in [1.82, 2.24) is 15.0 Å². The molecule has 4 aromatic heterocycles. The molecule has 5 nitrogen and oxygen atoms in total. The molecule has 266 valence electrons. The van der Waals surface area contributed by atoms with Gasteiger partial charge in [0.2, 0.25) is 0 Å². The molecule has 0 aliphatic rings. The zero-order valence-corrected chi connectivity index (χ0v) is 31.1. The van der Waals surface area contributed by atoms with Gasteiger partial charge < -0.3 is 8.83 Å². The molecule has 0 aliphatic heterocycles. The number of hydrogen-bond acceptors (Lipinski definition) is 6. The summed E-state index contributed by atoms with van der Waals surface area (Å²) in [5.74, 6) is 1.94. The number of hydrogen-bond donors (Lipinski definition) is 0. The fourth-order valence-electron chi connectivity index (χ4n) is 8.28. The van der Waals surface area contributed by atoms with E-state index in [2.05, 4.69) is 91.0 Å². The van der Waals surface area contributed by atoms with Crippen molar-refractivity contribution in [2.75, 3.05) is 0 Å². The number of aromatic nitrogens is 3. The summed E-state index contributed by atoms with van der Waals surface area (Å²) in [4.78, 5) is 15.2. The van der Waals surface area contributed by atoms with E-state index in [1.54, 1.807) is 11.3 Å². The summed E-state index contributed by atoms with van der Waals surface area (Å²) < 4.78 is 15.2. The van der Waals surface area contributed by atoms with Crippen LogP contribution < -0.4 is 0 Å². The highest BCUT2D eigenvalue weighted by Gasteiger charge is 2.21. The molecule has 57 heavy (non-hydrogen) atoms. The molecule has 12 rings (SSSR count). The summed E-state index contributed by atoms with van der Waals surface area (Å²) in [5.41, 5.74) is 10.7. The summed E-state index contributed by atoms with van der Waals surface area (Å²) in [5, 5.41) is 6.72. The first kappa shape index (κ1) is 31.9. The average molecular weight is 748 g/mol. The molecule has 0 aliphatic carbocycles. The largest absolute Gasteiger partial charge is 0.456 e. The zero-order valence-electron chi connectivity index (χ0n) is 30.3. The molecule has 0 atom stereocenters. The molecule has 0 fully saturated rings. The number of furan rings is 2. The van der Waals surface area contributed by atoms with Gasteiger partial charge in [-0.3, -0.25) is 0 Å². The molecule has 0 unspecified atom stereocenters. The standard InChI is InChI=1S/C51H29N3O2S/c1-3-13-30(14-4-1)49-52-50(31-15-5-2-6-16-31)54-51(53-49)38-21-11-20-37-46-34(19-12-24-45(46)57-48(37)38)33-28-39(47-41(29-33)36-18-8-10-23-43(36)56-47)32-25-26-44-40(27-32)35-17-7-9-22-42(35)55-44/h1-29H. The number of fused-ring (bicyclic) bond motifs is 9. The Hall–Kier alpha value is -7.41. The van der Waals surface area contributed by atoms with Crippen molar-refractivity contribution in [3.8, 4) is 56.4 Å². The second-order valence-corrected chi connectivity index (χ2v) is 15.4. The van der Waals surface area contributed by atoms with Crippen LogP contribution in [0.2, 0.25) is 0 Å². The van der Waals surface area contributed by atoms with Crippen LogP contribution in [-0.2, 0) is 0 Å². The van der Waals surface area contributed by atoms with Gasteiger partial charge in [0, 0.05) is 64.0 Å². The maximum atomic E-state index is 6.66. The first-order valence-electron chi connectivity index (χ1n) is 18.9. The lowest BCUT2D eigenvalue weighted by Crippen LogP contribution is -2.00. The van der Waals surface area contributed by atoms with Gasteiger partial charge >= 0.3 is 0 Å². The lowest BCUT2D eigenvalue weighted by Gasteiger charge is -2.10. The van der Waals surface area contributed by atoms with Crippen LogP contribution in [0.4, 0.5) is 0 Å². The Balaban J connectivity index is 1.09. The van der Waals surface area contributed by atoms with Crippen molar-refractivity contribution >= 4 is 75.4 Å². The maximum Gasteiger partial charge on any atom is 0.165 e. The topological polar surface area (TPSA) is 65.0 Å². The fourth-order valence-corrected chi connectivity index (χ4v) is 9.52. The summed E-state index contributed by atoms with van der Waals surface area (Å²) in [6.07, 6.45) is 0. The first-order chi connectivity index (χ1) is 28.2. The van der Waals surface area contributed by atoms with Gasteiger partial charge in [-0.05, 0) is 65.2 Å². The average Bonchev–Trinajstić information content (AvgIpc) is 3.98. The predicted octanol–water partition coefficient (Wildman–Crippen LogP) is 14.4. The Morgan fingerprint density at radius 2 is 0.930 bits per heavy atom. The Labute approximate surface area is 330 Å². The Morgan fingerprint density at radius 3 is 1.68 bits per heavy atom. The van der Waals surface area contributed by atoms with E-state index in [0.29, 0.717) is 17.5 Å². The van der Waals surface area contributed by atoms with E-state index >= 15 is 0 Å². The molecule has 8 aromatic carbocycles. The van der Waals surface area contributed by atoms with E-state index in [0.717, 1.165) is 92.9 Å². The Bertz CT molecular complexity index is 3470. The molecule has 0 spiro atoms. The molecular weight excluding hydrogens is 719 g/mol. The van der Waals surface area contributed by atoms with Crippen LogP contribution in [-0.4, -0.2) is 15.0 Å². The van der Waals surface area contributed by atoms with Crippen LogP contribution in [0.25, 0.3) is 120 Å². The van der Waals surface area contributed by atoms with Crippen molar-refractivity contribution in [3.63, 3.8) is 0 Å². The van der Waals surface area contributed by atoms with Crippen molar-refractivity contribution in [3.05, 3.63) is 176 Å². The summed E-state index contributed by atoms with van der Waals surface area (Å²) in [6.45, 7) is 0. The van der Waals surface area contributed by atoms with Gasteiger partial charge in [0.25, 0.3) is 0 Å². The smallest absolute Gasteiger partial charge is 0.165 e. The summed E-state index contributed by atoms with van der Waals surface area (Å²) in [6, 6.07) is 60.9. The molecular formula is C51H29N3O2S. The van der Waals surface area contributed by atoms with Gasteiger partial charge in [-0.15, -0.1) is 11.3 Å². The molecule has 0 radical (unpaired) electrons. The van der Waals surface area contributed by atoms with Crippen LogP contribution in [0.1, 0.15) is 0 Å². The Morgan fingerprint density at radius 1 is 0.351 bits per heavy atom. The van der Waals surface area contributed by atoms with E-state index in [1.807, 2.05) is 84.9 Å². The van der Waals surface area contributed by atoms with E-state index in [1.165, 1.54) is 10.1 Å². The van der Waals surface area contributed by atoms with E-state index in [-0.39, 0.29) is 0 Å². The van der Waals surface area contributed by atoms with Crippen molar-refractivity contribution in [1.29, 1.82) is 0 Å². The lowest BCUT2D eigenvalue weighted by molar-refractivity contribution is 0.668. The number of nitrogens with zero attached hydrogens (tertiary/aromatic N) is 3. The fraction of sp³-hybridized carbons (Fsp3) is 0. The number of para-hydroxylation sites is 2. The van der Waals surface area contributed by atoms with Crippen LogP contribution in [0.15, 0.2) is 185 Å². The highest BCUT2D eigenvalue weighted by molar-refractivity contribution is 7.26. The summed E-state index contributed by atoms with van der Waals surface area (Å²) in [7, 11) is 0. The van der Waals surface area contributed by atoms with Gasteiger partial charge in [-0.2, -0.15) is 0 Å². The van der Waals surface area contributed by atoms with Gasteiger partial charge in [0.15, 0.2) is 17.5 Å². The SMILES string of the molecule is c1ccc(-c2nc(-c3ccccc3)nc(-c3cccc4c3sc3cccc(-c5cc(-c6ccc7oc8ccccc8c7c6)c6oc7ccccc7c6c5)c34)n2)cc1. The van der Waals surface area contributed by atoms with E-state index in [4.69, 9.17) is 23.8 Å². The third-order valence-electron chi connectivity index (χ3n) is 10.9. The highest BCUT2D eigenvalue weighted by atomic mass is 32.1. The minimum absolute atomic E-state index is 0.646. The predicted molar refractivity (Wildman–Crippen MR) is 234 cm³/mol. The lowest BCUT2D eigenvalue weighted by atomic mass is 9.93. The van der Waals surface area contributed by atoms with Crippen LogP contribution in [0, 0.1) is 0 Å². The third-order valence-corrected chi connectivity index (χ3v) is 12.1. The minimum atomic E-state index is 0.646. The minimum Gasteiger partial charge on any atom is -0.456 e. The number of rotatable bonds is 5. The molecule has 4 heterocycles. The number of benzene rings is 8. The van der Waals surface area contributed by atoms with Crippen molar-refractivity contribution in [2.24, 2.45) is 0 Å².